The minimum absolute atomic E-state index is 0.0322. The lowest BCUT2D eigenvalue weighted by atomic mass is 9.99. The van der Waals surface area contributed by atoms with Gasteiger partial charge < -0.3 is 0 Å². The van der Waals surface area contributed by atoms with E-state index in [2.05, 4.69) is 0 Å². The maximum Gasteiger partial charge on any atom is 0.100 e. The number of rotatable bonds is 0. The van der Waals surface area contributed by atoms with Gasteiger partial charge in [-0.2, -0.15) is 0 Å². The van der Waals surface area contributed by atoms with Crippen molar-refractivity contribution in [1.82, 2.24) is 0 Å². The lowest BCUT2D eigenvalue weighted by Gasteiger charge is -2.20. The zero-order valence-electron chi connectivity index (χ0n) is 6.40. The molecule has 66 valence electrons. The summed E-state index contributed by atoms with van der Waals surface area (Å²) in [6.45, 7) is 0. The summed E-state index contributed by atoms with van der Waals surface area (Å²) in [7, 11) is 0. The maximum absolute atomic E-state index is 12.8. The fourth-order valence-electron chi connectivity index (χ4n) is 1.38. The third-order valence-corrected chi connectivity index (χ3v) is 3.32. The normalized spacial score (nSPS) is 41.2. The van der Waals surface area contributed by atoms with Crippen molar-refractivity contribution in [2.75, 3.05) is 0 Å². The summed E-state index contributed by atoms with van der Waals surface area (Å²) in [5.41, 5.74) is 0. The van der Waals surface area contributed by atoms with Crippen LogP contribution in [0.5, 0.6) is 0 Å². The van der Waals surface area contributed by atoms with Gasteiger partial charge in [-0.1, -0.05) is 0 Å². The smallest absolute Gasteiger partial charge is 0.100 e. The van der Waals surface area contributed by atoms with Crippen molar-refractivity contribution >= 4 is 23.2 Å². The van der Waals surface area contributed by atoms with Gasteiger partial charge in [-0.3, -0.25) is 0 Å². The number of hydrogen-bond donors (Lipinski definition) is 0. The lowest BCUT2D eigenvalue weighted by Crippen LogP contribution is -2.20. The van der Waals surface area contributed by atoms with Gasteiger partial charge in [0, 0.05) is 5.38 Å². The monoisotopic (exact) mass is 198 g/mol. The zero-order valence-corrected chi connectivity index (χ0v) is 7.91. The molecular weight excluding hydrogens is 186 g/mol. The van der Waals surface area contributed by atoms with Crippen molar-refractivity contribution in [1.29, 1.82) is 0 Å². The topological polar surface area (TPSA) is 0 Å². The van der Waals surface area contributed by atoms with Gasteiger partial charge in [0.1, 0.15) is 6.17 Å². The highest BCUT2D eigenvalue weighted by molar-refractivity contribution is 6.29. The second-order valence-corrected chi connectivity index (χ2v) is 4.26. The second-order valence-electron chi connectivity index (χ2n) is 3.14. The Bertz CT molecular complexity index is 119. The Morgan fingerprint density at radius 1 is 0.909 bits per heavy atom. The molecule has 0 aromatic carbocycles. The maximum atomic E-state index is 12.8. The van der Waals surface area contributed by atoms with Crippen LogP contribution in [0, 0.1) is 0 Å². The van der Waals surface area contributed by atoms with Crippen LogP contribution in [0.1, 0.15) is 32.1 Å². The van der Waals surface area contributed by atoms with Gasteiger partial charge in [-0.05, 0) is 32.1 Å². The molecule has 1 saturated carbocycles. The van der Waals surface area contributed by atoms with Crippen LogP contribution >= 0.6 is 23.2 Å². The highest BCUT2D eigenvalue weighted by Gasteiger charge is 2.21. The summed E-state index contributed by atoms with van der Waals surface area (Å²) in [5, 5.41) is 0.0133. The molecule has 1 aliphatic carbocycles. The van der Waals surface area contributed by atoms with Gasteiger partial charge in [0.15, 0.2) is 0 Å². The number of alkyl halides is 3. The van der Waals surface area contributed by atoms with Crippen LogP contribution in [0.25, 0.3) is 0 Å². The van der Waals surface area contributed by atoms with Crippen molar-refractivity contribution < 1.29 is 4.39 Å². The zero-order chi connectivity index (χ0) is 8.27. The SMILES string of the molecule is FC1CCCC(Cl)C(Cl)CC1. The van der Waals surface area contributed by atoms with E-state index in [4.69, 9.17) is 23.2 Å². The molecule has 0 spiro atoms. The largest absolute Gasteiger partial charge is 0.247 e. The minimum atomic E-state index is -0.652. The molecule has 0 aliphatic heterocycles. The van der Waals surface area contributed by atoms with Crippen molar-refractivity contribution in [3.63, 3.8) is 0 Å². The standard InChI is InChI=1S/C8H13Cl2F/c9-7-3-1-2-6(11)4-5-8(7)10/h6-8H,1-5H2. The van der Waals surface area contributed by atoms with Gasteiger partial charge in [-0.15, -0.1) is 23.2 Å². The van der Waals surface area contributed by atoms with Crippen LogP contribution < -0.4 is 0 Å². The van der Waals surface area contributed by atoms with Crippen molar-refractivity contribution in [3.05, 3.63) is 0 Å². The predicted molar refractivity (Wildman–Crippen MR) is 47.3 cm³/mol. The molecule has 0 amide bonds. The van der Waals surface area contributed by atoms with Gasteiger partial charge >= 0.3 is 0 Å². The Balaban J connectivity index is 2.34. The Kier molecular flexibility index (Phi) is 3.94. The highest BCUT2D eigenvalue weighted by atomic mass is 35.5. The molecule has 0 nitrogen and oxygen atoms in total. The van der Waals surface area contributed by atoms with Crippen LogP contribution in [0.2, 0.25) is 0 Å². The van der Waals surface area contributed by atoms with E-state index in [9.17, 15) is 4.39 Å². The molecular formula is C8H13Cl2F. The van der Waals surface area contributed by atoms with E-state index in [1.165, 1.54) is 0 Å². The minimum Gasteiger partial charge on any atom is -0.247 e. The fourth-order valence-corrected chi connectivity index (χ4v) is 1.91. The second kappa shape index (κ2) is 4.51. The van der Waals surface area contributed by atoms with Crippen LogP contribution in [0.15, 0.2) is 0 Å². The Morgan fingerprint density at radius 2 is 1.55 bits per heavy atom. The first kappa shape index (κ1) is 9.60. The van der Waals surface area contributed by atoms with Crippen LogP contribution in [0.4, 0.5) is 4.39 Å². The average molecular weight is 199 g/mol. The van der Waals surface area contributed by atoms with E-state index < -0.39 is 6.17 Å². The molecule has 3 heteroatoms. The quantitative estimate of drug-likeness (QED) is 0.523. The van der Waals surface area contributed by atoms with Gasteiger partial charge in [0.05, 0.1) is 5.38 Å². The summed E-state index contributed by atoms with van der Waals surface area (Å²) in [6, 6.07) is 0. The third kappa shape index (κ3) is 3.16. The summed E-state index contributed by atoms with van der Waals surface area (Å²) in [6.07, 6.45) is 3.04. The summed E-state index contributed by atoms with van der Waals surface area (Å²) >= 11 is 11.8. The molecule has 0 N–H and O–H groups in total. The van der Waals surface area contributed by atoms with Crippen molar-refractivity contribution in [3.8, 4) is 0 Å². The highest BCUT2D eigenvalue weighted by Crippen LogP contribution is 2.26. The molecule has 0 radical (unpaired) electrons. The van der Waals surface area contributed by atoms with Gasteiger partial charge in [-0.25, -0.2) is 4.39 Å². The number of hydrogen-bond acceptors (Lipinski definition) is 0. The van der Waals surface area contributed by atoms with Crippen molar-refractivity contribution in [2.24, 2.45) is 0 Å². The molecule has 0 aromatic heterocycles. The Labute approximate surface area is 77.1 Å². The molecule has 1 aliphatic rings. The lowest BCUT2D eigenvalue weighted by molar-refractivity contribution is 0.269. The van der Waals surface area contributed by atoms with Crippen molar-refractivity contribution in [2.45, 2.75) is 49.0 Å². The van der Waals surface area contributed by atoms with Gasteiger partial charge in [0.2, 0.25) is 0 Å². The van der Waals surface area contributed by atoms with Crippen LogP contribution in [-0.4, -0.2) is 16.9 Å². The first-order chi connectivity index (χ1) is 5.20. The van der Waals surface area contributed by atoms with E-state index in [-0.39, 0.29) is 10.8 Å². The summed E-state index contributed by atoms with van der Waals surface area (Å²) < 4.78 is 12.8. The summed E-state index contributed by atoms with van der Waals surface area (Å²) in [5.74, 6) is 0. The molecule has 0 aromatic rings. The molecule has 0 saturated heterocycles. The van der Waals surface area contributed by atoms with Crippen LogP contribution in [-0.2, 0) is 0 Å². The molecule has 0 heterocycles. The van der Waals surface area contributed by atoms with E-state index >= 15 is 0 Å². The molecule has 3 atom stereocenters. The molecule has 1 rings (SSSR count). The van der Waals surface area contributed by atoms with E-state index in [1.54, 1.807) is 0 Å². The van der Waals surface area contributed by atoms with E-state index in [0.29, 0.717) is 12.8 Å². The molecule has 1 fully saturated rings. The third-order valence-electron chi connectivity index (χ3n) is 2.15. The average Bonchev–Trinajstić information content (AvgIpc) is 1.98. The van der Waals surface area contributed by atoms with E-state index in [0.717, 1.165) is 19.3 Å². The first-order valence-corrected chi connectivity index (χ1v) is 4.99. The predicted octanol–water partition coefficient (Wildman–Crippen LogP) is 3.50. The number of halogens is 3. The van der Waals surface area contributed by atoms with Crippen LogP contribution in [0.3, 0.4) is 0 Å². The van der Waals surface area contributed by atoms with Gasteiger partial charge in [0.25, 0.3) is 0 Å². The molecule has 3 unspecified atom stereocenters. The molecule has 11 heavy (non-hydrogen) atoms. The first-order valence-electron chi connectivity index (χ1n) is 4.12. The Morgan fingerprint density at radius 3 is 2.27 bits per heavy atom. The summed E-state index contributed by atoms with van der Waals surface area (Å²) in [4.78, 5) is 0. The molecule has 0 bridgehead atoms. The van der Waals surface area contributed by atoms with E-state index in [1.807, 2.05) is 0 Å². The fraction of sp³-hybridized carbons (Fsp3) is 1.00. The Hall–Kier alpha value is 0.510.